The zero-order valence-corrected chi connectivity index (χ0v) is 6.04. The Morgan fingerprint density at radius 1 is 1.25 bits per heavy atom. The van der Waals surface area contributed by atoms with Crippen LogP contribution in [0.3, 0.4) is 0 Å². The second-order valence-corrected chi connectivity index (χ2v) is 0. The Labute approximate surface area is 101 Å². The van der Waals surface area contributed by atoms with Crippen LogP contribution in [0.1, 0.15) is 2.85 Å². The van der Waals surface area contributed by atoms with Gasteiger partial charge in [0.05, 0.1) is 0 Å². The summed E-state index contributed by atoms with van der Waals surface area (Å²) >= 11 is 0. The molecule has 0 aromatic carbocycles. The van der Waals surface area contributed by atoms with Crippen LogP contribution in [0.25, 0.3) is 0 Å². The molecule has 0 saturated heterocycles. The quantitative estimate of drug-likeness (QED) is 0.437. The molecule has 0 spiro atoms. The van der Waals surface area contributed by atoms with Crippen molar-refractivity contribution in [2.24, 2.45) is 0 Å². The predicted molar refractivity (Wildman–Crippen MR) is 21.5 cm³/mol. The van der Waals surface area contributed by atoms with Gasteiger partial charge in [0, 0.05) is 39.9 Å². The van der Waals surface area contributed by atoms with E-state index in [1.165, 1.54) is 0 Å². The summed E-state index contributed by atoms with van der Waals surface area (Å²) in [4.78, 5) is 0. The SMILES string of the molecule is O.[AlH3].[Ca+2].[Gd].[H-].[H-]. The average molecular weight is 247 g/mol. The van der Waals surface area contributed by atoms with Crippen molar-refractivity contribution >= 4 is 55.1 Å². The van der Waals surface area contributed by atoms with Gasteiger partial charge in [-0.2, -0.15) is 0 Å². The van der Waals surface area contributed by atoms with Gasteiger partial charge in [-0.15, -0.1) is 0 Å². The minimum Gasteiger partial charge on any atom is -1.00 e. The molecular formula is H7AlCaGdO. The summed E-state index contributed by atoms with van der Waals surface area (Å²) in [6.45, 7) is 0. The minimum atomic E-state index is 0. The number of hydrogen-bond acceptors (Lipinski definition) is 0. The molecule has 0 atom stereocenters. The molecule has 0 fully saturated rings. The second-order valence-electron chi connectivity index (χ2n) is 0. The van der Waals surface area contributed by atoms with Crippen LogP contribution in [0.4, 0.5) is 0 Å². The molecule has 0 aliphatic carbocycles. The van der Waals surface area contributed by atoms with Crippen molar-refractivity contribution in [2.45, 2.75) is 0 Å². The first-order chi connectivity index (χ1) is 0. The Kier molecular flexibility index (Phi) is 114. The first-order valence-corrected chi connectivity index (χ1v) is 0. The van der Waals surface area contributed by atoms with Crippen molar-refractivity contribution in [3.05, 3.63) is 0 Å². The van der Waals surface area contributed by atoms with Gasteiger partial charge in [0.25, 0.3) is 0 Å². The van der Waals surface area contributed by atoms with Gasteiger partial charge in [0.1, 0.15) is 0 Å². The third-order valence-electron chi connectivity index (χ3n) is 0. The molecule has 4 heteroatoms. The van der Waals surface area contributed by atoms with Crippen molar-refractivity contribution in [2.75, 3.05) is 0 Å². The van der Waals surface area contributed by atoms with Crippen LogP contribution in [-0.2, 0) is 0 Å². The molecule has 0 aromatic heterocycles. The Hall–Kier alpha value is 3.08. The normalized spacial score (nSPS) is 0. The fraction of sp³-hybridized carbons (Fsp3) is 0. The summed E-state index contributed by atoms with van der Waals surface area (Å²) in [6, 6.07) is 0. The van der Waals surface area contributed by atoms with Crippen molar-refractivity contribution in [1.29, 1.82) is 0 Å². The molecule has 0 aliphatic heterocycles. The van der Waals surface area contributed by atoms with Gasteiger partial charge >= 0.3 is 37.7 Å². The molecule has 4 heavy (non-hydrogen) atoms. The van der Waals surface area contributed by atoms with Gasteiger partial charge < -0.3 is 8.33 Å². The summed E-state index contributed by atoms with van der Waals surface area (Å²) in [5.74, 6) is 0. The Bertz CT molecular complexity index is 13.5. The fourth-order valence-corrected chi connectivity index (χ4v) is 0. The molecule has 0 heterocycles. The van der Waals surface area contributed by atoms with Crippen LogP contribution in [-0.4, -0.2) is 60.6 Å². The maximum absolute atomic E-state index is 0. The van der Waals surface area contributed by atoms with E-state index in [2.05, 4.69) is 0 Å². The van der Waals surface area contributed by atoms with Crippen LogP contribution >= 0.6 is 0 Å². The van der Waals surface area contributed by atoms with E-state index in [1.54, 1.807) is 0 Å². The van der Waals surface area contributed by atoms with Gasteiger partial charge in [0.15, 0.2) is 17.4 Å². The Balaban J connectivity index is 0. The monoisotopic (exact) mass is 248 g/mol. The first kappa shape index (κ1) is 27.6. The van der Waals surface area contributed by atoms with Gasteiger partial charge in [-0.05, 0) is 0 Å². The van der Waals surface area contributed by atoms with E-state index in [-0.39, 0.29) is 103 Å². The summed E-state index contributed by atoms with van der Waals surface area (Å²) in [5.41, 5.74) is 0. The molecule has 2 N–H and O–H groups in total. The molecule has 0 rings (SSSR count). The molecule has 0 radical (unpaired) electrons. The zero-order chi connectivity index (χ0) is 0. The molecule has 1 nitrogen and oxygen atoms in total. The van der Waals surface area contributed by atoms with E-state index in [9.17, 15) is 0 Å². The molecule has 0 aliphatic rings. The molecule has 0 bridgehead atoms. The Morgan fingerprint density at radius 3 is 1.25 bits per heavy atom. The largest absolute Gasteiger partial charge is 2.00 e. The van der Waals surface area contributed by atoms with Gasteiger partial charge in [-0.1, -0.05) is 0 Å². The van der Waals surface area contributed by atoms with E-state index in [4.69, 9.17) is 0 Å². The van der Waals surface area contributed by atoms with Crippen molar-refractivity contribution < 1.29 is 48.3 Å². The summed E-state index contributed by atoms with van der Waals surface area (Å²) < 4.78 is 0. The van der Waals surface area contributed by atoms with E-state index in [0.717, 1.165) is 0 Å². The predicted octanol–water partition coefficient (Wildman–Crippen LogP) is -2.16. The van der Waals surface area contributed by atoms with Crippen molar-refractivity contribution in [1.82, 2.24) is 0 Å². The topological polar surface area (TPSA) is 31.5 Å². The average Bonchev–Trinajstić information content (AvgIpc) is 0. The fourth-order valence-electron chi connectivity index (χ4n) is 0. The number of hydrogen-bond donors (Lipinski definition) is 0. The van der Waals surface area contributed by atoms with E-state index >= 15 is 0 Å². The van der Waals surface area contributed by atoms with Gasteiger partial charge in [-0.25, -0.2) is 0 Å². The summed E-state index contributed by atoms with van der Waals surface area (Å²) in [5, 5.41) is 0. The summed E-state index contributed by atoms with van der Waals surface area (Å²) in [6.07, 6.45) is 0. The molecular weight excluding hydrogens is 240 g/mol. The van der Waals surface area contributed by atoms with Crippen LogP contribution in [0.5, 0.6) is 0 Å². The molecule has 0 unspecified atom stereocenters. The molecule has 26 valence electrons. The van der Waals surface area contributed by atoms with E-state index < -0.39 is 0 Å². The third-order valence-corrected chi connectivity index (χ3v) is 0. The molecule has 0 amide bonds. The second kappa shape index (κ2) is 16.5. The Morgan fingerprint density at radius 2 is 1.25 bits per heavy atom. The number of rotatable bonds is 0. The molecule has 0 aromatic rings. The maximum atomic E-state index is 0. The molecule has 0 saturated carbocycles. The van der Waals surface area contributed by atoms with Gasteiger partial charge in [0.2, 0.25) is 0 Å². The van der Waals surface area contributed by atoms with Crippen LogP contribution < -0.4 is 0 Å². The van der Waals surface area contributed by atoms with Gasteiger partial charge in [-0.3, -0.25) is 0 Å². The van der Waals surface area contributed by atoms with E-state index in [1.807, 2.05) is 0 Å². The van der Waals surface area contributed by atoms with Crippen molar-refractivity contribution in [3.63, 3.8) is 0 Å². The first-order valence-electron chi connectivity index (χ1n) is 0. The minimum absolute atomic E-state index is 0. The third kappa shape index (κ3) is 8.91. The smallest absolute Gasteiger partial charge is 1.00 e. The van der Waals surface area contributed by atoms with Crippen molar-refractivity contribution in [3.8, 4) is 0 Å². The van der Waals surface area contributed by atoms with E-state index in [0.29, 0.717) is 0 Å². The van der Waals surface area contributed by atoms with Crippen LogP contribution in [0.15, 0.2) is 0 Å². The van der Waals surface area contributed by atoms with Crippen LogP contribution in [0, 0.1) is 39.9 Å². The maximum Gasteiger partial charge on any atom is 2.00 e. The standard InChI is InChI=1S/Al.Ca.Gd.H2O.5H/h;;;1H2;;;;;/q;+2;;;;;;2*-1. The van der Waals surface area contributed by atoms with Crippen LogP contribution in [0.2, 0.25) is 0 Å². The zero-order valence-electron chi connectivity index (χ0n) is 3.56. The summed E-state index contributed by atoms with van der Waals surface area (Å²) in [7, 11) is 0.